The van der Waals surface area contributed by atoms with Crippen molar-refractivity contribution in [1.82, 2.24) is 10.2 Å². The fourth-order valence-corrected chi connectivity index (χ4v) is 3.29. The molecule has 0 aromatic heterocycles. The van der Waals surface area contributed by atoms with Crippen molar-refractivity contribution >= 4 is 40.1 Å². The number of nitrogens with zero attached hydrogens (tertiary/aromatic N) is 1. The molecule has 0 heterocycles. The van der Waals surface area contributed by atoms with E-state index >= 15 is 0 Å². The van der Waals surface area contributed by atoms with Crippen molar-refractivity contribution in [2.75, 3.05) is 13.1 Å². The molecule has 0 radical (unpaired) electrons. The molecule has 0 saturated heterocycles. The fourth-order valence-electron chi connectivity index (χ4n) is 2.33. The lowest BCUT2D eigenvalue weighted by Gasteiger charge is -2.26. The van der Waals surface area contributed by atoms with E-state index in [9.17, 15) is 9.59 Å². The van der Waals surface area contributed by atoms with Crippen LogP contribution >= 0.6 is 24.0 Å². The Kier molecular flexibility index (Phi) is 9.75. The highest BCUT2D eigenvalue weighted by Crippen LogP contribution is 2.13. The lowest BCUT2D eigenvalue weighted by molar-refractivity contribution is -0.136. The van der Waals surface area contributed by atoms with E-state index in [-0.39, 0.29) is 18.2 Å². The zero-order valence-electron chi connectivity index (χ0n) is 15.5. The third-order valence-corrected chi connectivity index (χ3v) is 4.59. The molecule has 25 heavy (non-hydrogen) atoms. The van der Waals surface area contributed by atoms with E-state index in [0.717, 1.165) is 5.56 Å². The van der Waals surface area contributed by atoms with Crippen LogP contribution in [0.15, 0.2) is 30.3 Å². The Balaban J connectivity index is 2.44. The van der Waals surface area contributed by atoms with Crippen molar-refractivity contribution in [3.05, 3.63) is 35.9 Å². The van der Waals surface area contributed by atoms with Gasteiger partial charge in [0.1, 0.15) is 10.7 Å². The van der Waals surface area contributed by atoms with Crippen LogP contribution in [0, 0.1) is 11.8 Å². The Morgan fingerprint density at radius 3 is 2.16 bits per heavy atom. The number of rotatable bonds is 8. The second-order valence-corrected chi connectivity index (χ2v) is 8.53. The number of thioether (sulfide) groups is 1. The summed E-state index contributed by atoms with van der Waals surface area (Å²) in [4.78, 5) is 26.3. The van der Waals surface area contributed by atoms with Crippen LogP contribution in [0.3, 0.4) is 0 Å². The maximum absolute atomic E-state index is 12.4. The molecule has 0 spiro atoms. The van der Waals surface area contributed by atoms with E-state index in [1.807, 2.05) is 30.3 Å². The summed E-state index contributed by atoms with van der Waals surface area (Å²) in [5.74, 6) is 0.950. The van der Waals surface area contributed by atoms with Crippen LogP contribution in [0.25, 0.3) is 0 Å². The van der Waals surface area contributed by atoms with Crippen molar-refractivity contribution in [3.63, 3.8) is 0 Å². The maximum Gasteiger partial charge on any atom is 0.234 e. The summed E-state index contributed by atoms with van der Waals surface area (Å²) in [5, 5.41) is 2.65. The van der Waals surface area contributed by atoms with Gasteiger partial charge in [0.25, 0.3) is 0 Å². The molecule has 138 valence electrons. The number of benzene rings is 1. The molecule has 2 amide bonds. The minimum absolute atomic E-state index is 0.143. The van der Waals surface area contributed by atoms with Crippen LogP contribution in [-0.2, 0) is 15.3 Å². The molecule has 1 N–H and O–H groups in total. The standard InChI is InChI=1S/C19H28N2O2S2/c1-14(2)11-21(12-15(3)4)18(23)10-17(22)20-19(24)25-13-16-8-6-5-7-9-16/h5-9,14-15H,10-13H2,1-4H3,(H,20,22,24). The maximum atomic E-state index is 12.4. The average Bonchev–Trinajstić information content (AvgIpc) is 2.52. The molecular weight excluding hydrogens is 352 g/mol. The molecular formula is C19H28N2O2S2. The van der Waals surface area contributed by atoms with Crippen LogP contribution in [0.1, 0.15) is 39.7 Å². The summed E-state index contributed by atoms with van der Waals surface area (Å²) >= 11 is 6.58. The van der Waals surface area contributed by atoms with Gasteiger partial charge in [-0.3, -0.25) is 9.59 Å². The van der Waals surface area contributed by atoms with Gasteiger partial charge in [-0.05, 0) is 17.4 Å². The Labute approximate surface area is 160 Å². The van der Waals surface area contributed by atoms with Gasteiger partial charge in [-0.2, -0.15) is 0 Å². The Morgan fingerprint density at radius 2 is 1.64 bits per heavy atom. The third kappa shape index (κ3) is 9.60. The van der Waals surface area contributed by atoms with Crippen molar-refractivity contribution in [2.45, 2.75) is 39.9 Å². The smallest absolute Gasteiger partial charge is 0.234 e. The zero-order valence-corrected chi connectivity index (χ0v) is 17.1. The topological polar surface area (TPSA) is 49.4 Å². The van der Waals surface area contributed by atoms with Crippen LogP contribution in [0.2, 0.25) is 0 Å². The molecule has 6 heteroatoms. The second kappa shape index (κ2) is 11.3. The average molecular weight is 381 g/mol. The van der Waals surface area contributed by atoms with E-state index in [2.05, 4.69) is 33.0 Å². The van der Waals surface area contributed by atoms with Crippen LogP contribution in [0.4, 0.5) is 0 Å². The van der Waals surface area contributed by atoms with Crippen LogP contribution < -0.4 is 5.32 Å². The molecule has 0 fully saturated rings. The van der Waals surface area contributed by atoms with Gasteiger partial charge in [-0.25, -0.2) is 0 Å². The first-order valence-corrected chi connectivity index (χ1v) is 9.95. The Morgan fingerprint density at radius 1 is 1.08 bits per heavy atom. The number of carbonyl (C=O) groups excluding carboxylic acids is 2. The molecule has 4 nitrogen and oxygen atoms in total. The van der Waals surface area contributed by atoms with Crippen molar-refractivity contribution in [1.29, 1.82) is 0 Å². The molecule has 0 atom stereocenters. The van der Waals surface area contributed by atoms with Gasteiger partial charge >= 0.3 is 0 Å². The quantitative estimate of drug-likeness (QED) is 0.550. The predicted molar refractivity (Wildman–Crippen MR) is 109 cm³/mol. The summed E-state index contributed by atoms with van der Waals surface area (Å²) in [6.45, 7) is 9.59. The van der Waals surface area contributed by atoms with Crippen molar-refractivity contribution in [2.24, 2.45) is 11.8 Å². The van der Waals surface area contributed by atoms with E-state index in [4.69, 9.17) is 12.2 Å². The highest BCUT2D eigenvalue weighted by Gasteiger charge is 2.19. The highest BCUT2D eigenvalue weighted by atomic mass is 32.2. The van der Waals surface area contributed by atoms with E-state index in [0.29, 0.717) is 35.0 Å². The number of thiocarbonyl (C=S) groups is 1. The largest absolute Gasteiger partial charge is 0.342 e. The minimum Gasteiger partial charge on any atom is -0.342 e. The Bertz CT molecular complexity index is 564. The third-order valence-electron chi connectivity index (χ3n) is 3.29. The van der Waals surface area contributed by atoms with E-state index in [1.165, 1.54) is 11.8 Å². The van der Waals surface area contributed by atoms with E-state index < -0.39 is 0 Å². The molecule has 0 aliphatic heterocycles. The van der Waals surface area contributed by atoms with Gasteiger partial charge in [-0.1, -0.05) is 82.0 Å². The summed E-state index contributed by atoms with van der Waals surface area (Å²) in [5.41, 5.74) is 1.14. The van der Waals surface area contributed by atoms with Gasteiger partial charge in [0.05, 0.1) is 0 Å². The first kappa shape index (κ1) is 21.6. The monoisotopic (exact) mass is 380 g/mol. The lowest BCUT2D eigenvalue weighted by Crippen LogP contribution is -2.40. The molecule has 0 bridgehead atoms. The van der Waals surface area contributed by atoms with Gasteiger partial charge in [0.2, 0.25) is 11.8 Å². The molecule has 0 saturated carbocycles. The van der Waals surface area contributed by atoms with Crippen LogP contribution in [-0.4, -0.2) is 34.1 Å². The summed E-state index contributed by atoms with van der Waals surface area (Å²) in [6.07, 6.45) is -0.161. The zero-order chi connectivity index (χ0) is 18.8. The van der Waals surface area contributed by atoms with Gasteiger partial charge in [0, 0.05) is 18.8 Å². The number of amides is 2. The number of nitrogens with one attached hydrogen (secondary N) is 1. The molecule has 1 aromatic carbocycles. The SMILES string of the molecule is CC(C)CN(CC(C)C)C(=O)CC(=O)NC(=S)SCc1ccccc1. The molecule has 1 aromatic rings. The molecule has 0 aliphatic carbocycles. The Hall–Kier alpha value is -1.40. The van der Waals surface area contributed by atoms with Crippen molar-refractivity contribution in [3.8, 4) is 0 Å². The van der Waals surface area contributed by atoms with Crippen LogP contribution in [0.5, 0.6) is 0 Å². The predicted octanol–water partition coefficient (Wildman–Crippen LogP) is 3.85. The minimum atomic E-state index is -0.340. The van der Waals surface area contributed by atoms with E-state index in [1.54, 1.807) is 4.90 Å². The summed E-state index contributed by atoms with van der Waals surface area (Å²) in [7, 11) is 0. The number of hydrogen-bond donors (Lipinski definition) is 1. The summed E-state index contributed by atoms with van der Waals surface area (Å²) < 4.78 is 0.404. The van der Waals surface area contributed by atoms with Gasteiger partial charge < -0.3 is 10.2 Å². The molecule has 1 rings (SSSR count). The van der Waals surface area contributed by atoms with Crippen molar-refractivity contribution < 1.29 is 9.59 Å². The van der Waals surface area contributed by atoms with Gasteiger partial charge in [-0.15, -0.1) is 0 Å². The lowest BCUT2D eigenvalue weighted by atomic mass is 10.1. The number of hydrogen-bond acceptors (Lipinski definition) is 4. The highest BCUT2D eigenvalue weighted by molar-refractivity contribution is 8.22. The molecule has 0 aliphatic rings. The molecule has 0 unspecified atom stereocenters. The first-order chi connectivity index (χ1) is 11.8. The second-order valence-electron chi connectivity index (χ2n) is 6.87. The normalized spacial score (nSPS) is 10.8. The van der Waals surface area contributed by atoms with Gasteiger partial charge in [0.15, 0.2) is 0 Å². The first-order valence-electron chi connectivity index (χ1n) is 8.56. The number of carbonyl (C=O) groups is 2. The fraction of sp³-hybridized carbons (Fsp3) is 0.526. The summed E-state index contributed by atoms with van der Waals surface area (Å²) in [6, 6.07) is 9.91.